The van der Waals surface area contributed by atoms with E-state index in [9.17, 15) is 42.8 Å². The van der Waals surface area contributed by atoms with Crippen molar-refractivity contribution in [3.05, 3.63) is 55.4 Å². The molecule has 4 heterocycles. The van der Waals surface area contributed by atoms with Crippen LogP contribution in [0.2, 0.25) is 0 Å². The second kappa shape index (κ2) is 17.0. The first kappa shape index (κ1) is 37.0. The van der Waals surface area contributed by atoms with Crippen LogP contribution >= 0.6 is 7.82 Å². The van der Waals surface area contributed by atoms with Crippen LogP contribution in [0.3, 0.4) is 0 Å². The monoisotopic (exact) mass is 693 g/mol. The van der Waals surface area contributed by atoms with Crippen molar-refractivity contribution < 1.29 is 47.0 Å². The topological polar surface area (TPSA) is 216 Å². The van der Waals surface area contributed by atoms with Gasteiger partial charge in [0.2, 0.25) is 5.82 Å². The third-order valence-corrected chi connectivity index (χ3v) is 9.02. The minimum absolute atomic E-state index is 0.175. The molecule has 2 aromatic heterocycles. The molecule has 0 aromatic carbocycles. The molecule has 4 rings (SSSR count). The number of aliphatic hydroxyl groups excluding tert-OH is 2. The first-order valence-corrected chi connectivity index (χ1v) is 17.2. The van der Waals surface area contributed by atoms with Gasteiger partial charge in [0, 0.05) is 19.4 Å². The highest BCUT2D eigenvalue weighted by Gasteiger charge is 2.43. The van der Waals surface area contributed by atoms with Gasteiger partial charge in [0.05, 0.1) is 31.7 Å². The van der Waals surface area contributed by atoms with Gasteiger partial charge in [-0.2, -0.15) is 9.37 Å². The number of hydrogen-bond donors (Lipinski definition) is 5. The number of halogens is 2. The van der Waals surface area contributed by atoms with Gasteiger partial charge in [-0.3, -0.25) is 28.0 Å². The van der Waals surface area contributed by atoms with Crippen molar-refractivity contribution in [1.29, 1.82) is 0 Å². The minimum atomic E-state index is -4.91. The summed E-state index contributed by atoms with van der Waals surface area (Å²) in [5.41, 5.74) is -3.08. The van der Waals surface area contributed by atoms with Crippen LogP contribution in [0.25, 0.3) is 0 Å². The summed E-state index contributed by atoms with van der Waals surface area (Å²) in [6, 6.07) is 0. The highest BCUT2D eigenvalue weighted by Crippen LogP contribution is 2.49. The standard InChI is InChI=1S/C28H42F2N5O11P/c1-2-3-4-5-6-7-8-9-10-31-25-17(29)13-34(27(39)32-25)23-11-19(37)22(45-23)16-43-47(41,42)46-20-12-24(44-21(20)15-36)35-14-18(30)26(38)33-28(35)40/h13-14,19-24,36-37H,2-12,15-16H2,1H3,(H,41,42)(H,31,32,39)(H,33,38,40)/t19-,20-,21+,22+,23+,24+/m0/s1. The largest absolute Gasteiger partial charge is 0.472 e. The second-order valence-corrected chi connectivity index (χ2v) is 13.0. The van der Waals surface area contributed by atoms with E-state index in [1.54, 1.807) is 4.98 Å². The molecule has 2 saturated heterocycles. The highest BCUT2D eigenvalue weighted by atomic mass is 31.2. The maximum absolute atomic E-state index is 14.8. The molecule has 2 aromatic rings. The Balaban J connectivity index is 1.27. The van der Waals surface area contributed by atoms with E-state index >= 15 is 0 Å². The number of H-pyrrole nitrogens is 1. The van der Waals surface area contributed by atoms with Gasteiger partial charge in [0.1, 0.15) is 30.8 Å². The molecular weight excluding hydrogens is 651 g/mol. The summed E-state index contributed by atoms with van der Waals surface area (Å²) in [7, 11) is -4.91. The Morgan fingerprint density at radius 3 is 2.34 bits per heavy atom. The maximum Gasteiger partial charge on any atom is 0.472 e. The van der Waals surface area contributed by atoms with Gasteiger partial charge in [-0.1, -0.05) is 51.9 Å². The number of aromatic amines is 1. The fourth-order valence-electron chi connectivity index (χ4n) is 5.47. The third kappa shape index (κ3) is 10.1. The normalized spacial score (nSPS) is 25.7. The van der Waals surface area contributed by atoms with E-state index in [1.807, 2.05) is 0 Å². The Morgan fingerprint density at radius 1 is 1.00 bits per heavy atom. The molecule has 264 valence electrons. The molecule has 1 unspecified atom stereocenters. The summed E-state index contributed by atoms with van der Waals surface area (Å²) < 4.78 is 64.0. The maximum atomic E-state index is 14.8. The lowest BCUT2D eigenvalue weighted by atomic mass is 10.1. The number of phosphoric ester groups is 1. The van der Waals surface area contributed by atoms with E-state index in [4.69, 9.17) is 18.5 Å². The Kier molecular flexibility index (Phi) is 13.4. The number of anilines is 1. The summed E-state index contributed by atoms with van der Waals surface area (Å²) >= 11 is 0. The van der Waals surface area contributed by atoms with E-state index in [2.05, 4.69) is 17.2 Å². The van der Waals surface area contributed by atoms with Crippen molar-refractivity contribution in [3.63, 3.8) is 0 Å². The van der Waals surface area contributed by atoms with Crippen LogP contribution in [0, 0.1) is 11.6 Å². The van der Waals surface area contributed by atoms with Gasteiger partial charge in [0.15, 0.2) is 11.6 Å². The zero-order chi connectivity index (χ0) is 34.1. The lowest BCUT2D eigenvalue weighted by molar-refractivity contribution is -0.0577. The fraction of sp³-hybridized carbons (Fsp3) is 0.714. The zero-order valence-corrected chi connectivity index (χ0v) is 26.9. The number of phosphoric acid groups is 1. The Labute approximate surface area is 268 Å². The third-order valence-electron chi connectivity index (χ3n) is 8.01. The van der Waals surface area contributed by atoms with Gasteiger partial charge >= 0.3 is 19.2 Å². The van der Waals surface area contributed by atoms with E-state index in [1.165, 1.54) is 25.7 Å². The van der Waals surface area contributed by atoms with Gasteiger partial charge in [0.25, 0.3) is 5.56 Å². The molecule has 5 N–H and O–H groups in total. The van der Waals surface area contributed by atoms with Gasteiger partial charge in [-0.15, -0.1) is 0 Å². The van der Waals surface area contributed by atoms with Gasteiger partial charge in [-0.05, 0) is 6.42 Å². The zero-order valence-electron chi connectivity index (χ0n) is 26.0. The summed E-state index contributed by atoms with van der Waals surface area (Å²) in [5, 5.41) is 23.0. The number of ether oxygens (including phenoxy) is 2. The Bertz CT molecular complexity index is 1560. The van der Waals surface area contributed by atoms with Crippen LogP contribution in [0.15, 0.2) is 26.8 Å². The molecule has 0 aliphatic carbocycles. The van der Waals surface area contributed by atoms with Crippen LogP contribution in [0.4, 0.5) is 14.6 Å². The number of nitrogens with one attached hydrogen (secondary N) is 2. The number of unbranched alkanes of at least 4 members (excludes halogenated alkanes) is 7. The number of rotatable bonds is 18. The predicted octanol–water partition coefficient (Wildman–Crippen LogP) is 2.05. The van der Waals surface area contributed by atoms with Crippen LogP contribution in [-0.4, -0.2) is 78.4 Å². The van der Waals surface area contributed by atoms with Crippen molar-refractivity contribution in [2.24, 2.45) is 0 Å². The number of aliphatic hydroxyl groups is 2. The molecular formula is C28H42F2N5O11P. The molecule has 2 aliphatic heterocycles. The summed E-state index contributed by atoms with van der Waals surface area (Å²) in [6.07, 6.45) is 2.45. The average Bonchev–Trinajstić information content (AvgIpc) is 3.60. The lowest BCUT2D eigenvalue weighted by Gasteiger charge is -2.22. The summed E-state index contributed by atoms with van der Waals surface area (Å²) in [6.45, 7) is 1.22. The van der Waals surface area contributed by atoms with Gasteiger partial charge < -0.3 is 29.9 Å². The quantitative estimate of drug-likeness (QED) is 0.112. The smallest absolute Gasteiger partial charge is 0.394 e. The molecule has 0 spiro atoms. The van der Waals surface area contributed by atoms with Crippen molar-refractivity contribution in [2.45, 2.75) is 108 Å². The molecule has 16 nitrogen and oxygen atoms in total. The fourth-order valence-corrected chi connectivity index (χ4v) is 6.43. The lowest BCUT2D eigenvalue weighted by Crippen LogP contribution is -2.34. The SMILES string of the molecule is CCCCCCCCCCNc1nc(=O)n([C@H]2C[C@H](O)[C@@H](COP(=O)(O)O[C@H]3C[C@H](n4cc(F)c(=O)[nH]c4=O)O[C@@H]3CO)O2)cc1F. The Morgan fingerprint density at radius 2 is 1.64 bits per heavy atom. The molecule has 0 radical (unpaired) electrons. The first-order valence-electron chi connectivity index (χ1n) is 15.7. The molecule has 0 saturated carbocycles. The molecule has 0 amide bonds. The van der Waals surface area contributed by atoms with Crippen molar-refractivity contribution in [2.75, 3.05) is 25.1 Å². The van der Waals surface area contributed by atoms with Crippen LogP contribution in [0.5, 0.6) is 0 Å². The summed E-state index contributed by atoms with van der Waals surface area (Å²) in [4.78, 5) is 51.9. The van der Waals surface area contributed by atoms with Crippen LogP contribution in [-0.2, 0) is 23.1 Å². The second-order valence-electron chi connectivity index (χ2n) is 11.6. The van der Waals surface area contributed by atoms with Gasteiger partial charge in [-0.25, -0.2) is 18.5 Å². The number of nitrogens with zero attached hydrogens (tertiary/aromatic N) is 3. The number of hydrogen-bond acceptors (Lipinski definition) is 12. The van der Waals surface area contributed by atoms with Crippen LogP contribution in [0.1, 0.15) is 83.6 Å². The Hall–Kier alpha value is -2.83. The van der Waals surface area contributed by atoms with Crippen molar-refractivity contribution in [1.82, 2.24) is 19.1 Å². The predicted molar refractivity (Wildman–Crippen MR) is 162 cm³/mol. The van der Waals surface area contributed by atoms with E-state index in [0.29, 0.717) is 17.3 Å². The molecule has 0 bridgehead atoms. The minimum Gasteiger partial charge on any atom is -0.394 e. The van der Waals surface area contributed by atoms with E-state index in [-0.39, 0.29) is 18.7 Å². The summed E-state index contributed by atoms with van der Waals surface area (Å²) in [5.74, 6) is -2.26. The van der Waals surface area contributed by atoms with Crippen LogP contribution < -0.4 is 22.3 Å². The first-order chi connectivity index (χ1) is 22.4. The molecule has 2 aliphatic rings. The molecule has 2 fully saturated rings. The number of aromatic nitrogens is 4. The molecule has 19 heteroatoms. The average molecular weight is 694 g/mol. The van der Waals surface area contributed by atoms with E-state index in [0.717, 1.165) is 36.4 Å². The molecule has 7 atom stereocenters. The highest BCUT2D eigenvalue weighted by molar-refractivity contribution is 7.47. The molecule has 47 heavy (non-hydrogen) atoms. The van der Waals surface area contributed by atoms with Crippen molar-refractivity contribution in [3.8, 4) is 0 Å². The van der Waals surface area contributed by atoms with E-state index < -0.39 is 86.5 Å². The van der Waals surface area contributed by atoms with Crippen molar-refractivity contribution >= 4 is 13.6 Å².